The third kappa shape index (κ3) is 2.70. The van der Waals surface area contributed by atoms with Crippen LogP contribution in [0.5, 0.6) is 5.75 Å². The number of ether oxygens (including phenoxy) is 1. The lowest BCUT2D eigenvalue weighted by molar-refractivity contribution is -0.141. The number of benzene rings is 1. The predicted molar refractivity (Wildman–Crippen MR) is 70.3 cm³/mol. The van der Waals surface area contributed by atoms with E-state index in [-0.39, 0.29) is 5.91 Å². The van der Waals surface area contributed by atoms with Crippen LogP contribution >= 0.6 is 0 Å². The van der Waals surface area contributed by atoms with Gasteiger partial charge >= 0.3 is 5.97 Å². The molecule has 1 aromatic rings. The van der Waals surface area contributed by atoms with Gasteiger partial charge in [0, 0.05) is 0 Å². The van der Waals surface area contributed by atoms with E-state index in [0.29, 0.717) is 17.9 Å². The number of hydrogen-bond donors (Lipinski definition) is 2. The zero-order chi connectivity index (χ0) is 14.2. The van der Waals surface area contributed by atoms with E-state index in [0.717, 1.165) is 5.56 Å². The van der Waals surface area contributed by atoms with Crippen molar-refractivity contribution in [3.8, 4) is 5.75 Å². The average molecular weight is 263 g/mol. The third-order valence-corrected chi connectivity index (χ3v) is 3.17. The summed E-state index contributed by atoms with van der Waals surface area (Å²) in [5.74, 6) is -0.895. The highest BCUT2D eigenvalue weighted by Gasteiger charge is 2.35. The standard InChI is InChI=1S/C14H17NO4/c1-8(12(16)17)6-9-4-5-11-10(7-9)15-13(18)14(2,3)19-11/h4-5,7-8H,6H2,1-3H3,(H,15,18)(H,16,17). The fraction of sp³-hybridized carbons (Fsp3) is 0.429. The van der Waals surface area contributed by atoms with Gasteiger partial charge in [-0.3, -0.25) is 9.59 Å². The second-order valence-corrected chi connectivity index (χ2v) is 5.34. The molecule has 1 unspecified atom stereocenters. The Kier molecular flexibility index (Phi) is 3.22. The Balaban J connectivity index is 2.24. The summed E-state index contributed by atoms with van der Waals surface area (Å²) in [5, 5.41) is 11.7. The summed E-state index contributed by atoms with van der Waals surface area (Å²) in [4.78, 5) is 22.6. The van der Waals surface area contributed by atoms with Crippen LogP contribution < -0.4 is 10.1 Å². The van der Waals surface area contributed by atoms with Crippen LogP contribution in [0.2, 0.25) is 0 Å². The van der Waals surface area contributed by atoms with Gasteiger partial charge in [-0.15, -0.1) is 0 Å². The molecule has 1 aliphatic rings. The second kappa shape index (κ2) is 4.57. The van der Waals surface area contributed by atoms with Crippen LogP contribution in [0.1, 0.15) is 26.3 Å². The molecular formula is C14H17NO4. The molecule has 0 spiro atoms. The van der Waals surface area contributed by atoms with Gasteiger partial charge in [0.2, 0.25) is 0 Å². The third-order valence-electron chi connectivity index (χ3n) is 3.17. The summed E-state index contributed by atoms with van der Waals surface area (Å²) < 4.78 is 5.61. The van der Waals surface area contributed by atoms with Crippen molar-refractivity contribution in [2.24, 2.45) is 5.92 Å². The van der Waals surface area contributed by atoms with E-state index < -0.39 is 17.5 Å². The minimum Gasteiger partial charge on any atom is -0.481 e. The average Bonchev–Trinajstić information content (AvgIpc) is 2.30. The molecule has 19 heavy (non-hydrogen) atoms. The maximum atomic E-state index is 11.8. The number of anilines is 1. The van der Waals surface area contributed by atoms with E-state index in [9.17, 15) is 9.59 Å². The molecule has 1 amide bonds. The molecule has 0 aromatic heterocycles. The highest BCUT2D eigenvalue weighted by atomic mass is 16.5. The quantitative estimate of drug-likeness (QED) is 0.875. The van der Waals surface area contributed by atoms with Crippen molar-refractivity contribution in [3.63, 3.8) is 0 Å². The van der Waals surface area contributed by atoms with Crippen LogP contribution in [0.15, 0.2) is 18.2 Å². The summed E-state index contributed by atoms with van der Waals surface area (Å²) in [6.07, 6.45) is 0.419. The molecule has 5 heteroatoms. The van der Waals surface area contributed by atoms with Gasteiger partial charge in [0.25, 0.3) is 5.91 Å². The Morgan fingerprint density at radius 1 is 1.47 bits per heavy atom. The molecule has 1 atom stereocenters. The lowest BCUT2D eigenvalue weighted by atomic mass is 9.99. The molecule has 1 heterocycles. The van der Waals surface area contributed by atoms with Crippen LogP contribution in [0.25, 0.3) is 0 Å². The monoisotopic (exact) mass is 263 g/mol. The number of amides is 1. The van der Waals surface area contributed by atoms with Crippen LogP contribution in [-0.4, -0.2) is 22.6 Å². The molecule has 2 rings (SSSR count). The summed E-state index contributed by atoms with van der Waals surface area (Å²) in [5.41, 5.74) is 0.569. The Bertz CT molecular complexity index is 536. The summed E-state index contributed by atoms with van der Waals surface area (Å²) >= 11 is 0. The number of carboxylic acid groups (broad SMARTS) is 1. The number of rotatable bonds is 3. The van der Waals surface area contributed by atoms with E-state index in [1.54, 1.807) is 32.9 Å². The summed E-state index contributed by atoms with van der Waals surface area (Å²) in [6, 6.07) is 5.36. The molecule has 0 saturated carbocycles. The molecule has 0 aliphatic carbocycles. The van der Waals surface area contributed by atoms with Gasteiger partial charge < -0.3 is 15.2 Å². The van der Waals surface area contributed by atoms with E-state index in [4.69, 9.17) is 9.84 Å². The maximum Gasteiger partial charge on any atom is 0.306 e. The van der Waals surface area contributed by atoms with Gasteiger partial charge in [-0.2, -0.15) is 0 Å². The van der Waals surface area contributed by atoms with Crippen molar-refractivity contribution in [1.29, 1.82) is 0 Å². The van der Waals surface area contributed by atoms with Crippen LogP contribution in [0, 0.1) is 5.92 Å². The van der Waals surface area contributed by atoms with Gasteiger partial charge in [-0.25, -0.2) is 0 Å². The van der Waals surface area contributed by atoms with Gasteiger partial charge in [0.05, 0.1) is 11.6 Å². The Morgan fingerprint density at radius 3 is 2.79 bits per heavy atom. The van der Waals surface area contributed by atoms with Crippen molar-refractivity contribution in [2.45, 2.75) is 32.8 Å². The van der Waals surface area contributed by atoms with E-state index >= 15 is 0 Å². The van der Waals surface area contributed by atoms with Crippen molar-refractivity contribution in [2.75, 3.05) is 5.32 Å². The molecule has 102 valence electrons. The number of hydrogen-bond acceptors (Lipinski definition) is 3. The molecular weight excluding hydrogens is 246 g/mol. The smallest absolute Gasteiger partial charge is 0.306 e. The Hall–Kier alpha value is -2.04. The lowest BCUT2D eigenvalue weighted by Crippen LogP contribution is -2.45. The molecule has 1 aromatic carbocycles. The van der Waals surface area contributed by atoms with E-state index in [1.807, 2.05) is 6.07 Å². The number of nitrogens with one attached hydrogen (secondary N) is 1. The number of carbonyl (C=O) groups excluding carboxylic acids is 1. The van der Waals surface area contributed by atoms with Gasteiger partial charge in [-0.1, -0.05) is 13.0 Å². The normalized spacial score (nSPS) is 17.9. The first kappa shape index (κ1) is 13.4. The first-order valence-electron chi connectivity index (χ1n) is 6.16. The highest BCUT2D eigenvalue weighted by Crippen LogP contribution is 2.34. The van der Waals surface area contributed by atoms with Crippen molar-refractivity contribution in [3.05, 3.63) is 23.8 Å². The second-order valence-electron chi connectivity index (χ2n) is 5.34. The SMILES string of the molecule is CC(Cc1ccc2c(c1)NC(=O)C(C)(C)O2)C(=O)O. The fourth-order valence-electron chi connectivity index (χ4n) is 1.93. The number of aliphatic carboxylic acids is 1. The fourth-order valence-corrected chi connectivity index (χ4v) is 1.93. The predicted octanol–water partition coefficient (Wildman–Crippen LogP) is 2.06. The Morgan fingerprint density at radius 2 is 2.16 bits per heavy atom. The maximum absolute atomic E-state index is 11.8. The van der Waals surface area contributed by atoms with Crippen LogP contribution in [-0.2, 0) is 16.0 Å². The van der Waals surface area contributed by atoms with Crippen molar-refractivity contribution >= 4 is 17.6 Å². The Labute approximate surface area is 111 Å². The van der Waals surface area contributed by atoms with Gasteiger partial charge in [-0.05, 0) is 38.0 Å². The molecule has 1 aliphatic heterocycles. The molecule has 5 nitrogen and oxygen atoms in total. The van der Waals surface area contributed by atoms with Crippen molar-refractivity contribution < 1.29 is 19.4 Å². The molecule has 0 fully saturated rings. The molecule has 0 saturated heterocycles. The van der Waals surface area contributed by atoms with Crippen LogP contribution in [0.4, 0.5) is 5.69 Å². The van der Waals surface area contributed by atoms with E-state index in [1.165, 1.54) is 0 Å². The first-order valence-corrected chi connectivity index (χ1v) is 6.16. The highest BCUT2D eigenvalue weighted by molar-refractivity contribution is 6.00. The molecule has 0 radical (unpaired) electrons. The zero-order valence-corrected chi connectivity index (χ0v) is 11.2. The minimum absolute atomic E-state index is 0.205. The molecule has 0 bridgehead atoms. The van der Waals surface area contributed by atoms with Gasteiger partial charge in [0.15, 0.2) is 5.60 Å². The van der Waals surface area contributed by atoms with E-state index in [2.05, 4.69) is 5.32 Å². The number of carboxylic acids is 1. The topological polar surface area (TPSA) is 75.6 Å². The summed E-state index contributed by atoms with van der Waals surface area (Å²) in [6.45, 7) is 5.05. The first-order chi connectivity index (χ1) is 8.79. The largest absolute Gasteiger partial charge is 0.481 e. The number of carbonyl (C=O) groups is 2. The number of fused-ring (bicyclic) bond motifs is 1. The zero-order valence-electron chi connectivity index (χ0n) is 11.2. The summed E-state index contributed by atoms with van der Waals surface area (Å²) in [7, 11) is 0. The van der Waals surface area contributed by atoms with Crippen molar-refractivity contribution in [1.82, 2.24) is 0 Å². The molecule has 2 N–H and O–H groups in total. The lowest BCUT2D eigenvalue weighted by Gasteiger charge is -2.31. The van der Waals surface area contributed by atoms with Gasteiger partial charge in [0.1, 0.15) is 5.75 Å². The van der Waals surface area contributed by atoms with Crippen LogP contribution in [0.3, 0.4) is 0 Å². The minimum atomic E-state index is -0.886.